The van der Waals surface area contributed by atoms with Crippen molar-refractivity contribution in [2.75, 3.05) is 11.9 Å². The van der Waals surface area contributed by atoms with E-state index in [1.54, 1.807) is 17.1 Å². The molecule has 3 aromatic rings. The molecule has 0 aliphatic heterocycles. The van der Waals surface area contributed by atoms with Gasteiger partial charge < -0.3 is 15.1 Å². The molecule has 3 aromatic heterocycles. The lowest BCUT2D eigenvalue weighted by molar-refractivity contribution is -0.122. The highest BCUT2D eigenvalue weighted by Gasteiger charge is 2.16. The van der Waals surface area contributed by atoms with Gasteiger partial charge in [-0.3, -0.25) is 4.79 Å². The van der Waals surface area contributed by atoms with E-state index < -0.39 is 0 Å². The zero-order valence-electron chi connectivity index (χ0n) is 15.3. The van der Waals surface area contributed by atoms with Crippen LogP contribution < -0.4 is 10.6 Å². The third kappa shape index (κ3) is 4.59. The summed E-state index contributed by atoms with van der Waals surface area (Å²) in [7, 11) is 0. The fourth-order valence-electron chi connectivity index (χ4n) is 2.63. The summed E-state index contributed by atoms with van der Waals surface area (Å²) >= 11 is 0. The van der Waals surface area contributed by atoms with Gasteiger partial charge in [0, 0.05) is 13.0 Å². The summed E-state index contributed by atoms with van der Waals surface area (Å²) in [6.45, 7) is 7.72. The summed E-state index contributed by atoms with van der Waals surface area (Å²) in [5.41, 5.74) is 0.705. The molecule has 8 nitrogen and oxygen atoms in total. The van der Waals surface area contributed by atoms with E-state index in [0.717, 1.165) is 16.8 Å². The van der Waals surface area contributed by atoms with Gasteiger partial charge in [0.05, 0.1) is 30.9 Å². The minimum atomic E-state index is -0.0235. The standard InChI is InChI=1S/C18H24N6O2/c1-18(2,3)9-15(25)19-6-7-24-17-14(11-23-24)16(21-12-22-17)20-10-13-5-4-8-26-13/h4-5,8,11-12H,6-7,9-10H2,1-3H3,(H,19,25)(H,20,21,22). The highest BCUT2D eigenvalue weighted by atomic mass is 16.3. The van der Waals surface area contributed by atoms with Crippen molar-refractivity contribution in [1.82, 2.24) is 25.1 Å². The van der Waals surface area contributed by atoms with E-state index in [-0.39, 0.29) is 11.3 Å². The van der Waals surface area contributed by atoms with Gasteiger partial charge in [-0.25, -0.2) is 14.6 Å². The Morgan fingerprint density at radius 3 is 2.88 bits per heavy atom. The minimum Gasteiger partial charge on any atom is -0.467 e. The quantitative estimate of drug-likeness (QED) is 0.675. The highest BCUT2D eigenvalue weighted by molar-refractivity contribution is 5.86. The maximum Gasteiger partial charge on any atom is 0.220 e. The average molecular weight is 356 g/mol. The maximum atomic E-state index is 11.9. The third-order valence-corrected chi connectivity index (χ3v) is 3.78. The molecule has 2 N–H and O–H groups in total. The fourth-order valence-corrected chi connectivity index (χ4v) is 2.63. The molecule has 0 aliphatic carbocycles. The third-order valence-electron chi connectivity index (χ3n) is 3.78. The molecule has 138 valence electrons. The molecular formula is C18H24N6O2. The largest absolute Gasteiger partial charge is 0.467 e. The number of hydrogen-bond acceptors (Lipinski definition) is 6. The first-order chi connectivity index (χ1) is 12.4. The van der Waals surface area contributed by atoms with Crippen LogP contribution in [-0.4, -0.2) is 32.2 Å². The van der Waals surface area contributed by atoms with Crippen LogP contribution in [0.2, 0.25) is 0 Å². The second-order valence-corrected chi connectivity index (χ2v) is 7.35. The van der Waals surface area contributed by atoms with E-state index >= 15 is 0 Å². The molecule has 0 saturated carbocycles. The normalized spacial score (nSPS) is 11.7. The van der Waals surface area contributed by atoms with Crippen LogP contribution in [0.25, 0.3) is 11.0 Å². The molecule has 3 rings (SSSR count). The molecule has 0 radical (unpaired) electrons. The minimum absolute atomic E-state index is 0.0235. The summed E-state index contributed by atoms with van der Waals surface area (Å²) in [5, 5.41) is 11.4. The Hall–Kier alpha value is -2.90. The Balaban J connectivity index is 1.61. The van der Waals surface area contributed by atoms with Crippen LogP contribution in [-0.2, 0) is 17.9 Å². The van der Waals surface area contributed by atoms with Crippen molar-refractivity contribution in [3.63, 3.8) is 0 Å². The van der Waals surface area contributed by atoms with Crippen LogP contribution in [0.15, 0.2) is 35.3 Å². The maximum absolute atomic E-state index is 11.9. The second kappa shape index (κ2) is 7.55. The molecule has 0 atom stereocenters. The lowest BCUT2D eigenvalue weighted by atomic mass is 9.92. The Kier molecular flexibility index (Phi) is 5.20. The predicted octanol–water partition coefficient (Wildman–Crippen LogP) is 2.58. The zero-order valence-corrected chi connectivity index (χ0v) is 15.3. The molecule has 0 unspecified atom stereocenters. The average Bonchev–Trinajstić information content (AvgIpc) is 3.21. The molecule has 0 spiro atoms. The zero-order chi connectivity index (χ0) is 18.6. The number of rotatable bonds is 7. The van der Waals surface area contributed by atoms with Crippen LogP contribution >= 0.6 is 0 Å². The van der Waals surface area contributed by atoms with Gasteiger partial charge in [-0.2, -0.15) is 5.10 Å². The van der Waals surface area contributed by atoms with Gasteiger partial charge in [-0.1, -0.05) is 20.8 Å². The van der Waals surface area contributed by atoms with E-state index in [9.17, 15) is 4.79 Å². The number of nitrogens with zero attached hydrogens (tertiary/aromatic N) is 4. The van der Waals surface area contributed by atoms with Gasteiger partial charge in [0.25, 0.3) is 0 Å². The van der Waals surface area contributed by atoms with Crippen LogP contribution in [0.5, 0.6) is 0 Å². The van der Waals surface area contributed by atoms with E-state index in [0.29, 0.717) is 31.9 Å². The number of fused-ring (bicyclic) bond motifs is 1. The summed E-state index contributed by atoms with van der Waals surface area (Å²) in [5.74, 6) is 1.57. The lowest BCUT2D eigenvalue weighted by Gasteiger charge is -2.17. The number of amides is 1. The molecule has 0 saturated heterocycles. The Morgan fingerprint density at radius 2 is 2.15 bits per heavy atom. The van der Waals surface area contributed by atoms with E-state index in [2.05, 4.69) is 25.7 Å². The Labute approximate surface area is 152 Å². The highest BCUT2D eigenvalue weighted by Crippen LogP contribution is 2.20. The molecule has 26 heavy (non-hydrogen) atoms. The molecule has 0 aliphatic rings. The Bertz CT molecular complexity index is 864. The molecule has 1 amide bonds. The van der Waals surface area contributed by atoms with Gasteiger partial charge in [0.2, 0.25) is 5.91 Å². The molecular weight excluding hydrogens is 332 g/mol. The molecule has 0 fully saturated rings. The van der Waals surface area contributed by atoms with Gasteiger partial charge in [-0.05, 0) is 17.5 Å². The number of nitrogens with one attached hydrogen (secondary N) is 2. The summed E-state index contributed by atoms with van der Waals surface area (Å²) < 4.78 is 7.09. The Morgan fingerprint density at radius 1 is 1.31 bits per heavy atom. The first-order valence-electron chi connectivity index (χ1n) is 8.62. The number of carbonyl (C=O) groups excluding carboxylic acids is 1. The SMILES string of the molecule is CC(C)(C)CC(=O)NCCn1ncc2c(NCc3ccco3)ncnc21. The van der Waals surface area contributed by atoms with Crippen molar-refractivity contribution in [3.05, 3.63) is 36.7 Å². The monoisotopic (exact) mass is 356 g/mol. The number of aromatic nitrogens is 4. The van der Waals surface area contributed by atoms with Crippen LogP contribution in [0.4, 0.5) is 5.82 Å². The van der Waals surface area contributed by atoms with Crippen molar-refractivity contribution in [2.45, 2.75) is 40.3 Å². The van der Waals surface area contributed by atoms with Crippen LogP contribution in [0.1, 0.15) is 33.0 Å². The van der Waals surface area contributed by atoms with Crippen molar-refractivity contribution in [3.8, 4) is 0 Å². The van der Waals surface area contributed by atoms with Crippen molar-refractivity contribution >= 4 is 22.8 Å². The van der Waals surface area contributed by atoms with Gasteiger partial charge in [0.15, 0.2) is 5.65 Å². The van der Waals surface area contributed by atoms with Gasteiger partial charge in [-0.15, -0.1) is 0 Å². The van der Waals surface area contributed by atoms with Gasteiger partial charge in [0.1, 0.15) is 17.9 Å². The number of furan rings is 1. The van der Waals surface area contributed by atoms with Crippen LogP contribution in [0, 0.1) is 5.41 Å². The molecule has 0 aromatic carbocycles. The van der Waals surface area contributed by atoms with Crippen LogP contribution in [0.3, 0.4) is 0 Å². The van der Waals surface area contributed by atoms with E-state index in [4.69, 9.17) is 4.42 Å². The number of carbonyl (C=O) groups is 1. The number of anilines is 1. The summed E-state index contributed by atoms with van der Waals surface area (Å²) in [6, 6.07) is 3.74. The second-order valence-electron chi connectivity index (χ2n) is 7.35. The molecule has 8 heteroatoms. The van der Waals surface area contributed by atoms with Gasteiger partial charge >= 0.3 is 0 Å². The first-order valence-corrected chi connectivity index (χ1v) is 8.62. The summed E-state index contributed by atoms with van der Waals surface area (Å²) in [4.78, 5) is 20.5. The van der Waals surface area contributed by atoms with Crippen molar-refractivity contribution in [1.29, 1.82) is 0 Å². The topological polar surface area (TPSA) is 97.9 Å². The number of hydrogen-bond donors (Lipinski definition) is 2. The fraction of sp³-hybridized carbons (Fsp3) is 0.444. The van der Waals surface area contributed by atoms with E-state index in [1.165, 1.54) is 6.33 Å². The first kappa shape index (κ1) is 17.9. The lowest BCUT2D eigenvalue weighted by Crippen LogP contribution is -2.30. The van der Waals surface area contributed by atoms with Crippen molar-refractivity contribution in [2.24, 2.45) is 5.41 Å². The smallest absolute Gasteiger partial charge is 0.220 e. The van der Waals surface area contributed by atoms with E-state index in [1.807, 2.05) is 32.9 Å². The van der Waals surface area contributed by atoms with Crippen molar-refractivity contribution < 1.29 is 9.21 Å². The molecule has 0 bridgehead atoms. The predicted molar refractivity (Wildman–Crippen MR) is 98.4 cm³/mol. The molecule has 3 heterocycles. The summed E-state index contributed by atoms with van der Waals surface area (Å²) in [6.07, 6.45) is 5.37.